The zero-order valence-corrected chi connectivity index (χ0v) is 21.7. The third-order valence-electron chi connectivity index (χ3n) is 5.99. The molecule has 1 N–H and O–H groups in total. The number of halogens is 1. The molecule has 1 aliphatic heterocycles. The summed E-state index contributed by atoms with van der Waals surface area (Å²) in [5, 5.41) is 7.91. The Kier molecular flexibility index (Phi) is 7.54. The normalized spacial score (nSPS) is 14.4. The minimum atomic E-state index is -0.546. The van der Waals surface area contributed by atoms with Crippen LogP contribution in [0, 0.1) is 0 Å². The van der Waals surface area contributed by atoms with E-state index in [0.717, 1.165) is 11.4 Å². The molecule has 4 rings (SSSR count). The molecule has 0 saturated carbocycles. The van der Waals surface area contributed by atoms with E-state index in [4.69, 9.17) is 21.1 Å². The van der Waals surface area contributed by atoms with Crippen molar-refractivity contribution in [3.8, 4) is 11.4 Å². The average Bonchev–Trinajstić information content (AvgIpc) is 3.29. The van der Waals surface area contributed by atoms with E-state index in [9.17, 15) is 9.59 Å². The lowest BCUT2D eigenvalue weighted by Gasteiger charge is -2.34. The fourth-order valence-corrected chi connectivity index (χ4v) is 4.56. The Morgan fingerprint density at radius 3 is 2.39 bits per heavy atom. The summed E-state index contributed by atoms with van der Waals surface area (Å²) in [6.45, 7) is 6.65. The van der Waals surface area contributed by atoms with Gasteiger partial charge in [-0.05, 0) is 63.9 Å². The lowest BCUT2D eigenvalue weighted by atomic mass is 9.90. The van der Waals surface area contributed by atoms with Gasteiger partial charge < -0.3 is 19.7 Å². The van der Waals surface area contributed by atoms with E-state index >= 15 is 0 Å². The maximum absolute atomic E-state index is 13.4. The van der Waals surface area contributed by atoms with Crippen LogP contribution in [-0.2, 0) is 4.74 Å². The summed E-state index contributed by atoms with van der Waals surface area (Å²) in [4.78, 5) is 27.7. The summed E-state index contributed by atoms with van der Waals surface area (Å²) in [6.07, 6.45) is 2.66. The topological polar surface area (TPSA) is 85.7 Å². The highest BCUT2D eigenvalue weighted by atomic mass is 35.5. The molecule has 36 heavy (non-hydrogen) atoms. The summed E-state index contributed by atoms with van der Waals surface area (Å²) in [6, 6.07) is 14.8. The minimum absolute atomic E-state index is 0.0339. The molecule has 0 spiro atoms. The largest absolute Gasteiger partial charge is 0.495 e. The highest BCUT2D eigenvalue weighted by Gasteiger charge is 2.32. The number of piperidine rings is 1. The van der Waals surface area contributed by atoms with Crippen LogP contribution in [0.4, 0.5) is 10.5 Å². The van der Waals surface area contributed by atoms with Gasteiger partial charge in [0, 0.05) is 24.7 Å². The third-order valence-corrected chi connectivity index (χ3v) is 6.29. The number of carbonyl (C=O) groups excluding carboxylic acids is 2. The van der Waals surface area contributed by atoms with E-state index in [-0.39, 0.29) is 17.9 Å². The molecule has 0 aliphatic carbocycles. The van der Waals surface area contributed by atoms with Crippen LogP contribution in [-0.4, -0.2) is 52.5 Å². The monoisotopic (exact) mass is 510 g/mol. The number of benzene rings is 2. The lowest BCUT2D eigenvalue weighted by Crippen LogP contribution is -2.41. The summed E-state index contributed by atoms with van der Waals surface area (Å²) >= 11 is 6.24. The Morgan fingerprint density at radius 1 is 1.08 bits per heavy atom. The van der Waals surface area contributed by atoms with Crippen LogP contribution < -0.4 is 10.1 Å². The molecule has 0 bridgehead atoms. The number of nitrogens with one attached hydrogen (secondary N) is 1. The number of likely N-dealkylation sites (tertiary alicyclic amines) is 1. The number of amides is 2. The summed E-state index contributed by atoms with van der Waals surface area (Å²) in [5.41, 5.74) is 2.19. The van der Waals surface area contributed by atoms with Gasteiger partial charge in [0.05, 0.1) is 35.3 Å². The summed E-state index contributed by atoms with van der Waals surface area (Å²) < 4.78 is 12.6. The molecule has 0 atom stereocenters. The maximum Gasteiger partial charge on any atom is 0.410 e. The molecule has 2 aromatic carbocycles. The van der Waals surface area contributed by atoms with Gasteiger partial charge in [0.25, 0.3) is 5.91 Å². The number of aromatic nitrogens is 2. The van der Waals surface area contributed by atoms with Crippen LogP contribution in [0.15, 0.2) is 54.7 Å². The Labute approximate surface area is 216 Å². The first kappa shape index (κ1) is 25.6. The van der Waals surface area contributed by atoms with Crippen molar-refractivity contribution in [2.75, 3.05) is 25.5 Å². The number of anilines is 1. The summed E-state index contributed by atoms with van der Waals surface area (Å²) in [5.74, 6) is 0.290. The van der Waals surface area contributed by atoms with Crippen molar-refractivity contribution in [1.29, 1.82) is 0 Å². The van der Waals surface area contributed by atoms with E-state index in [2.05, 4.69) is 10.4 Å². The number of methoxy groups -OCH3 is 1. The minimum Gasteiger partial charge on any atom is -0.495 e. The fraction of sp³-hybridized carbons (Fsp3) is 0.370. The van der Waals surface area contributed by atoms with Crippen molar-refractivity contribution in [2.45, 2.75) is 45.1 Å². The first-order valence-electron chi connectivity index (χ1n) is 11.9. The van der Waals surface area contributed by atoms with E-state index in [0.29, 0.717) is 48.0 Å². The number of ether oxygens (including phenoxy) is 2. The van der Waals surface area contributed by atoms with Gasteiger partial charge in [-0.25, -0.2) is 9.48 Å². The molecule has 1 aliphatic rings. The average molecular weight is 511 g/mol. The highest BCUT2D eigenvalue weighted by molar-refractivity contribution is 6.32. The van der Waals surface area contributed by atoms with Gasteiger partial charge >= 0.3 is 6.09 Å². The zero-order chi connectivity index (χ0) is 25.9. The molecular weight excluding hydrogens is 480 g/mol. The number of nitrogens with zero attached hydrogens (tertiary/aromatic N) is 3. The van der Waals surface area contributed by atoms with E-state index < -0.39 is 5.60 Å². The van der Waals surface area contributed by atoms with Gasteiger partial charge in [0.2, 0.25) is 0 Å². The Hall–Kier alpha value is -3.52. The maximum atomic E-state index is 13.4. The van der Waals surface area contributed by atoms with Crippen LogP contribution in [0.3, 0.4) is 0 Å². The van der Waals surface area contributed by atoms with E-state index in [1.165, 1.54) is 7.11 Å². The predicted octanol–water partition coefficient (Wildman–Crippen LogP) is 5.90. The number of para-hydroxylation sites is 1. The number of hydrogen-bond donors (Lipinski definition) is 1. The lowest BCUT2D eigenvalue weighted by molar-refractivity contribution is 0.0203. The Bertz CT molecular complexity index is 1230. The first-order valence-corrected chi connectivity index (χ1v) is 12.3. The second-order valence-corrected chi connectivity index (χ2v) is 10.1. The molecule has 1 fully saturated rings. The summed E-state index contributed by atoms with van der Waals surface area (Å²) in [7, 11) is 1.54. The van der Waals surface area contributed by atoms with Crippen molar-refractivity contribution in [3.63, 3.8) is 0 Å². The van der Waals surface area contributed by atoms with Gasteiger partial charge in [-0.15, -0.1) is 0 Å². The number of carbonyl (C=O) groups is 2. The van der Waals surface area contributed by atoms with E-state index in [1.807, 2.05) is 55.8 Å². The molecule has 1 aromatic heterocycles. The predicted molar refractivity (Wildman–Crippen MR) is 139 cm³/mol. The van der Waals surface area contributed by atoms with Gasteiger partial charge in [-0.1, -0.05) is 29.8 Å². The molecule has 9 heteroatoms. The SMILES string of the molecule is COc1ccc(NC(=O)c2cnn(-c3ccccc3)c2C2CCN(C(=O)OC(C)(C)C)CC2)cc1Cl. The van der Waals surface area contributed by atoms with Crippen LogP contribution >= 0.6 is 11.6 Å². The van der Waals surface area contributed by atoms with Crippen molar-refractivity contribution in [1.82, 2.24) is 14.7 Å². The van der Waals surface area contributed by atoms with Crippen LogP contribution in [0.1, 0.15) is 55.6 Å². The van der Waals surface area contributed by atoms with Gasteiger partial charge in [0.1, 0.15) is 11.4 Å². The van der Waals surface area contributed by atoms with Crippen LogP contribution in [0.25, 0.3) is 5.69 Å². The number of hydrogen-bond acceptors (Lipinski definition) is 5. The standard InChI is InChI=1S/C27H31ClN4O4/c1-27(2,3)36-26(34)31-14-12-18(13-15-31)24-21(17-29-32(24)20-8-6-5-7-9-20)25(33)30-19-10-11-23(35-4)22(28)16-19/h5-11,16-18H,12-15H2,1-4H3,(H,30,33). The molecule has 2 heterocycles. The molecule has 8 nitrogen and oxygen atoms in total. The first-order chi connectivity index (χ1) is 17.2. The van der Waals surface area contributed by atoms with Crippen molar-refractivity contribution >= 4 is 29.3 Å². The quantitative estimate of drug-likeness (QED) is 0.461. The molecular formula is C27H31ClN4O4. The van der Waals surface area contributed by atoms with Crippen molar-refractivity contribution < 1.29 is 19.1 Å². The molecule has 0 radical (unpaired) electrons. The third kappa shape index (κ3) is 5.82. The van der Waals surface area contributed by atoms with Crippen LogP contribution in [0.2, 0.25) is 5.02 Å². The molecule has 190 valence electrons. The Morgan fingerprint density at radius 2 is 1.78 bits per heavy atom. The van der Waals surface area contributed by atoms with Crippen molar-refractivity contribution in [3.05, 3.63) is 71.0 Å². The Balaban J connectivity index is 1.59. The second kappa shape index (κ2) is 10.6. The molecule has 1 saturated heterocycles. The van der Waals surface area contributed by atoms with Gasteiger partial charge in [-0.3, -0.25) is 4.79 Å². The zero-order valence-electron chi connectivity index (χ0n) is 21.0. The smallest absolute Gasteiger partial charge is 0.410 e. The van der Waals surface area contributed by atoms with Crippen LogP contribution in [0.5, 0.6) is 5.75 Å². The number of rotatable bonds is 5. The molecule has 3 aromatic rings. The van der Waals surface area contributed by atoms with E-state index in [1.54, 1.807) is 29.3 Å². The van der Waals surface area contributed by atoms with Gasteiger partial charge in [0.15, 0.2) is 0 Å². The molecule has 0 unspecified atom stereocenters. The fourth-order valence-electron chi connectivity index (χ4n) is 4.31. The highest BCUT2D eigenvalue weighted by Crippen LogP contribution is 2.34. The van der Waals surface area contributed by atoms with Gasteiger partial charge in [-0.2, -0.15) is 5.10 Å². The second-order valence-electron chi connectivity index (χ2n) is 9.74. The van der Waals surface area contributed by atoms with Crippen molar-refractivity contribution in [2.24, 2.45) is 0 Å². The molecule has 2 amide bonds.